The van der Waals surface area contributed by atoms with E-state index in [0.29, 0.717) is 6.04 Å². The van der Waals surface area contributed by atoms with Crippen molar-refractivity contribution in [3.8, 4) is 0 Å². The molecule has 13 heavy (non-hydrogen) atoms. The Bertz CT molecular complexity index is 251. The van der Waals surface area contributed by atoms with Crippen LogP contribution in [0.2, 0.25) is 0 Å². The van der Waals surface area contributed by atoms with Crippen molar-refractivity contribution in [2.75, 3.05) is 0 Å². The minimum atomic E-state index is 0.445. The molecular formula is C12H17N. The van der Waals surface area contributed by atoms with E-state index in [9.17, 15) is 0 Å². The minimum Gasteiger partial charge on any atom is -0.327 e. The first-order chi connectivity index (χ1) is 6.36. The molecule has 1 aromatic rings. The smallest absolute Gasteiger partial charge is 0.00703 e. The van der Waals surface area contributed by atoms with Crippen LogP contribution < -0.4 is 5.73 Å². The molecule has 0 bridgehead atoms. The van der Waals surface area contributed by atoms with Gasteiger partial charge in [-0.2, -0.15) is 0 Å². The number of hydrogen-bond donors (Lipinski definition) is 1. The monoisotopic (exact) mass is 175 g/mol. The van der Waals surface area contributed by atoms with Gasteiger partial charge in [-0.3, -0.25) is 0 Å². The van der Waals surface area contributed by atoms with Crippen LogP contribution in [-0.4, -0.2) is 6.04 Å². The molecule has 2 rings (SSSR count). The fourth-order valence-corrected chi connectivity index (χ4v) is 1.74. The zero-order chi connectivity index (χ0) is 9.10. The van der Waals surface area contributed by atoms with Crippen molar-refractivity contribution in [1.29, 1.82) is 0 Å². The summed E-state index contributed by atoms with van der Waals surface area (Å²) in [5, 5.41) is 0. The van der Waals surface area contributed by atoms with Crippen LogP contribution in [0.4, 0.5) is 0 Å². The highest BCUT2D eigenvalue weighted by Crippen LogP contribution is 2.33. The highest BCUT2D eigenvalue weighted by Gasteiger charge is 2.27. The van der Waals surface area contributed by atoms with E-state index in [-0.39, 0.29) is 0 Å². The third-order valence-corrected chi connectivity index (χ3v) is 2.84. The highest BCUT2D eigenvalue weighted by atomic mass is 14.7. The van der Waals surface area contributed by atoms with Gasteiger partial charge in [0.2, 0.25) is 0 Å². The first-order valence-electron chi connectivity index (χ1n) is 5.16. The van der Waals surface area contributed by atoms with Crippen LogP contribution in [0.5, 0.6) is 0 Å². The molecule has 1 aliphatic carbocycles. The number of benzene rings is 1. The molecule has 1 unspecified atom stereocenters. The van der Waals surface area contributed by atoms with Crippen LogP contribution in [-0.2, 0) is 6.42 Å². The van der Waals surface area contributed by atoms with Crippen LogP contribution in [0, 0.1) is 5.92 Å². The quantitative estimate of drug-likeness (QED) is 0.747. The van der Waals surface area contributed by atoms with Crippen LogP contribution in [0.3, 0.4) is 0 Å². The molecule has 1 fully saturated rings. The highest BCUT2D eigenvalue weighted by molar-refractivity contribution is 5.14. The molecule has 0 amide bonds. The fourth-order valence-electron chi connectivity index (χ4n) is 1.74. The molecule has 1 heteroatoms. The topological polar surface area (TPSA) is 26.0 Å². The van der Waals surface area contributed by atoms with E-state index in [1.54, 1.807) is 0 Å². The van der Waals surface area contributed by atoms with Gasteiger partial charge in [0.25, 0.3) is 0 Å². The maximum absolute atomic E-state index is 6.03. The summed E-state index contributed by atoms with van der Waals surface area (Å²) in [4.78, 5) is 0. The Balaban J connectivity index is 1.78. The predicted octanol–water partition coefficient (Wildman–Crippen LogP) is 2.36. The minimum absolute atomic E-state index is 0.445. The molecule has 1 aromatic carbocycles. The van der Waals surface area contributed by atoms with E-state index in [2.05, 4.69) is 30.3 Å². The lowest BCUT2D eigenvalue weighted by Gasteiger charge is -2.09. The Labute approximate surface area is 80.0 Å². The lowest BCUT2D eigenvalue weighted by molar-refractivity contribution is 0.550. The average Bonchev–Trinajstić information content (AvgIpc) is 2.99. The van der Waals surface area contributed by atoms with Crippen molar-refractivity contribution in [3.63, 3.8) is 0 Å². The summed E-state index contributed by atoms with van der Waals surface area (Å²) >= 11 is 0. The first-order valence-corrected chi connectivity index (χ1v) is 5.16. The number of aryl methyl sites for hydroxylation is 1. The second-order valence-corrected chi connectivity index (χ2v) is 4.03. The number of rotatable bonds is 4. The SMILES string of the molecule is NC(CCc1ccccc1)C1CC1. The van der Waals surface area contributed by atoms with E-state index in [1.807, 2.05) is 0 Å². The van der Waals surface area contributed by atoms with Gasteiger partial charge in [0.1, 0.15) is 0 Å². The van der Waals surface area contributed by atoms with Gasteiger partial charge in [-0.15, -0.1) is 0 Å². The van der Waals surface area contributed by atoms with Gasteiger partial charge in [0.15, 0.2) is 0 Å². The maximum atomic E-state index is 6.03. The van der Waals surface area contributed by atoms with Gasteiger partial charge in [-0.1, -0.05) is 30.3 Å². The van der Waals surface area contributed by atoms with Crippen LogP contribution in [0.25, 0.3) is 0 Å². The Hall–Kier alpha value is -0.820. The van der Waals surface area contributed by atoms with Crippen LogP contribution in [0.15, 0.2) is 30.3 Å². The molecule has 0 saturated heterocycles. The van der Waals surface area contributed by atoms with Crippen molar-refractivity contribution >= 4 is 0 Å². The molecule has 0 heterocycles. The summed E-state index contributed by atoms with van der Waals surface area (Å²) in [7, 11) is 0. The third kappa shape index (κ3) is 2.56. The Morgan fingerprint density at radius 3 is 2.54 bits per heavy atom. The van der Waals surface area contributed by atoms with Crippen molar-refractivity contribution in [3.05, 3.63) is 35.9 Å². The summed E-state index contributed by atoms with van der Waals surface area (Å²) < 4.78 is 0. The van der Waals surface area contributed by atoms with Crippen molar-refractivity contribution in [1.82, 2.24) is 0 Å². The molecule has 0 aromatic heterocycles. The summed E-state index contributed by atoms with van der Waals surface area (Å²) in [6.07, 6.45) is 5.00. The van der Waals surface area contributed by atoms with Crippen molar-refractivity contribution in [2.24, 2.45) is 11.7 Å². The molecule has 70 valence electrons. The number of hydrogen-bond acceptors (Lipinski definition) is 1. The molecule has 1 atom stereocenters. The molecule has 1 nitrogen and oxygen atoms in total. The molecule has 1 saturated carbocycles. The fraction of sp³-hybridized carbons (Fsp3) is 0.500. The van der Waals surface area contributed by atoms with Gasteiger partial charge < -0.3 is 5.73 Å². The Morgan fingerprint density at radius 2 is 1.92 bits per heavy atom. The van der Waals surface area contributed by atoms with Crippen LogP contribution in [0.1, 0.15) is 24.8 Å². The van der Waals surface area contributed by atoms with Crippen molar-refractivity contribution < 1.29 is 0 Å². The summed E-state index contributed by atoms with van der Waals surface area (Å²) in [5.74, 6) is 0.837. The normalized spacial score (nSPS) is 18.5. The standard InChI is InChI=1S/C12H17N/c13-12(11-7-8-11)9-6-10-4-2-1-3-5-10/h1-5,11-12H,6-9,13H2. The summed E-state index contributed by atoms with van der Waals surface area (Å²) in [6.45, 7) is 0. The summed E-state index contributed by atoms with van der Waals surface area (Å²) in [6, 6.07) is 11.1. The molecule has 2 N–H and O–H groups in total. The zero-order valence-corrected chi connectivity index (χ0v) is 7.95. The van der Waals surface area contributed by atoms with Crippen molar-refractivity contribution in [2.45, 2.75) is 31.7 Å². The molecule has 0 radical (unpaired) electrons. The number of nitrogens with two attached hydrogens (primary N) is 1. The van der Waals surface area contributed by atoms with Crippen LogP contribution >= 0.6 is 0 Å². The zero-order valence-electron chi connectivity index (χ0n) is 7.95. The third-order valence-electron chi connectivity index (χ3n) is 2.84. The molecule has 0 spiro atoms. The summed E-state index contributed by atoms with van der Waals surface area (Å²) in [5.41, 5.74) is 7.44. The second kappa shape index (κ2) is 3.93. The Kier molecular flexibility index (Phi) is 2.65. The van der Waals surface area contributed by atoms with E-state index in [4.69, 9.17) is 5.73 Å². The van der Waals surface area contributed by atoms with E-state index >= 15 is 0 Å². The van der Waals surface area contributed by atoms with E-state index in [1.165, 1.54) is 18.4 Å². The van der Waals surface area contributed by atoms with Gasteiger partial charge >= 0.3 is 0 Å². The lowest BCUT2D eigenvalue weighted by atomic mass is 10.0. The van der Waals surface area contributed by atoms with Gasteiger partial charge in [0.05, 0.1) is 0 Å². The molecule has 1 aliphatic rings. The maximum Gasteiger partial charge on any atom is 0.00703 e. The second-order valence-electron chi connectivity index (χ2n) is 4.03. The largest absolute Gasteiger partial charge is 0.327 e. The molecule has 0 aliphatic heterocycles. The first kappa shape index (κ1) is 8.76. The lowest BCUT2D eigenvalue weighted by Crippen LogP contribution is -2.22. The Morgan fingerprint density at radius 1 is 1.23 bits per heavy atom. The van der Waals surface area contributed by atoms with Gasteiger partial charge in [-0.05, 0) is 37.2 Å². The molecular weight excluding hydrogens is 158 g/mol. The van der Waals surface area contributed by atoms with Gasteiger partial charge in [0, 0.05) is 6.04 Å². The van der Waals surface area contributed by atoms with E-state index in [0.717, 1.165) is 18.8 Å². The van der Waals surface area contributed by atoms with E-state index < -0.39 is 0 Å². The van der Waals surface area contributed by atoms with Gasteiger partial charge in [-0.25, -0.2) is 0 Å². The average molecular weight is 175 g/mol. The predicted molar refractivity (Wildman–Crippen MR) is 55.5 cm³/mol.